The third-order valence-corrected chi connectivity index (χ3v) is 5.16. The molecule has 3 rings (SSSR count). The molecular formula is C16H14F2IN3O3. The van der Waals surface area contributed by atoms with Gasteiger partial charge in [-0.25, -0.2) is 13.6 Å². The van der Waals surface area contributed by atoms with Crippen molar-refractivity contribution in [3.63, 3.8) is 0 Å². The monoisotopic (exact) mass is 461 g/mol. The van der Waals surface area contributed by atoms with E-state index in [1.54, 1.807) is 6.07 Å². The Hall–Kier alpha value is -2.17. The second-order valence-corrected chi connectivity index (χ2v) is 6.64. The molecule has 1 unspecified atom stereocenters. The van der Waals surface area contributed by atoms with Crippen LogP contribution in [0.15, 0.2) is 24.3 Å². The fourth-order valence-corrected chi connectivity index (χ4v) is 3.99. The predicted octanol–water partition coefficient (Wildman–Crippen LogP) is 2.98. The van der Waals surface area contributed by atoms with E-state index in [-0.39, 0.29) is 18.5 Å². The van der Waals surface area contributed by atoms with Gasteiger partial charge in [-0.3, -0.25) is 4.79 Å². The third kappa shape index (κ3) is 3.46. The van der Waals surface area contributed by atoms with Crippen LogP contribution in [0.2, 0.25) is 0 Å². The second-order valence-electron chi connectivity index (χ2n) is 5.62. The third-order valence-electron chi connectivity index (χ3n) is 4.05. The van der Waals surface area contributed by atoms with Crippen molar-refractivity contribution in [3.8, 4) is 11.1 Å². The summed E-state index contributed by atoms with van der Waals surface area (Å²) in [5.74, 6) is -2.14. The van der Waals surface area contributed by atoms with Gasteiger partial charge in [0.2, 0.25) is 0 Å². The zero-order chi connectivity index (χ0) is 18.1. The molecule has 1 aliphatic rings. The summed E-state index contributed by atoms with van der Waals surface area (Å²) in [4.78, 5) is 22.8. The number of rotatable bonds is 4. The molecule has 2 amide bonds. The van der Waals surface area contributed by atoms with Crippen LogP contribution < -0.4 is 10.6 Å². The van der Waals surface area contributed by atoms with Crippen LogP contribution in [0.3, 0.4) is 0 Å². The Balaban J connectivity index is 1.97. The van der Waals surface area contributed by atoms with Crippen molar-refractivity contribution in [2.45, 2.75) is 12.5 Å². The smallest absolute Gasteiger partial charge is 0.404 e. The van der Waals surface area contributed by atoms with Crippen molar-refractivity contribution >= 4 is 34.6 Å². The van der Waals surface area contributed by atoms with E-state index in [2.05, 4.69) is 33.2 Å². The number of nitrogens with zero attached hydrogens (tertiary/aromatic N) is 1. The Bertz CT molecular complexity index is 853. The number of aromatic nitrogens is 1. The van der Waals surface area contributed by atoms with Gasteiger partial charge in [-0.2, -0.15) is 0 Å². The molecule has 1 atom stereocenters. The van der Waals surface area contributed by atoms with E-state index in [1.807, 2.05) is 4.57 Å². The summed E-state index contributed by atoms with van der Waals surface area (Å²) in [6.45, 7) is 0.610. The van der Waals surface area contributed by atoms with Gasteiger partial charge in [-0.1, -0.05) is 6.07 Å². The Labute approximate surface area is 155 Å². The van der Waals surface area contributed by atoms with Gasteiger partial charge >= 0.3 is 6.09 Å². The van der Waals surface area contributed by atoms with Crippen molar-refractivity contribution in [2.24, 2.45) is 0 Å². The van der Waals surface area contributed by atoms with E-state index in [0.717, 1.165) is 12.1 Å². The van der Waals surface area contributed by atoms with E-state index in [9.17, 15) is 18.4 Å². The molecule has 9 heteroatoms. The molecule has 0 fully saturated rings. The van der Waals surface area contributed by atoms with E-state index in [4.69, 9.17) is 5.11 Å². The standard InChI is InChI=1S/C16H14F2IN3O3/c17-11-2-1-8(5-12(11)18)10-6-13-15(23)21-7-9(22(13)14(10)19)3-4-20-16(24)25/h1-2,5-6,9,20H,3-4,7H2,(H,21,23)(H,24,25). The van der Waals surface area contributed by atoms with Crippen LogP contribution in [-0.4, -0.2) is 34.8 Å². The number of carbonyl (C=O) groups is 2. The molecule has 25 heavy (non-hydrogen) atoms. The van der Waals surface area contributed by atoms with Crippen molar-refractivity contribution < 1.29 is 23.5 Å². The number of benzene rings is 1. The summed E-state index contributed by atoms with van der Waals surface area (Å²) in [7, 11) is 0. The van der Waals surface area contributed by atoms with Crippen molar-refractivity contribution in [1.82, 2.24) is 15.2 Å². The Morgan fingerprint density at radius 2 is 2.12 bits per heavy atom. The molecule has 0 aliphatic carbocycles. The maximum absolute atomic E-state index is 13.5. The number of nitrogens with one attached hydrogen (secondary N) is 2. The minimum absolute atomic E-state index is 0.134. The Kier molecular flexibility index (Phi) is 4.93. The summed E-state index contributed by atoms with van der Waals surface area (Å²) in [6.07, 6.45) is -0.619. The Morgan fingerprint density at radius 1 is 1.36 bits per heavy atom. The highest BCUT2D eigenvalue weighted by Gasteiger charge is 2.29. The van der Waals surface area contributed by atoms with Crippen LogP contribution in [0.5, 0.6) is 0 Å². The predicted molar refractivity (Wildman–Crippen MR) is 94.5 cm³/mol. The number of amides is 2. The molecule has 3 N–H and O–H groups in total. The molecule has 1 aromatic carbocycles. The fourth-order valence-electron chi connectivity index (χ4n) is 2.87. The van der Waals surface area contributed by atoms with Crippen molar-refractivity contribution in [2.75, 3.05) is 13.1 Å². The molecule has 2 heterocycles. The zero-order valence-electron chi connectivity index (χ0n) is 12.9. The minimum atomic E-state index is -1.11. The van der Waals surface area contributed by atoms with Crippen LogP contribution >= 0.6 is 22.6 Å². The quantitative estimate of drug-likeness (QED) is 0.613. The van der Waals surface area contributed by atoms with E-state index < -0.39 is 17.7 Å². The first-order chi connectivity index (χ1) is 11.9. The molecule has 0 saturated carbocycles. The lowest BCUT2D eigenvalue weighted by Crippen LogP contribution is -2.40. The number of fused-ring (bicyclic) bond motifs is 1. The molecule has 0 radical (unpaired) electrons. The van der Waals surface area contributed by atoms with Crippen molar-refractivity contribution in [3.05, 3.63) is 45.3 Å². The highest BCUT2D eigenvalue weighted by molar-refractivity contribution is 14.1. The summed E-state index contributed by atoms with van der Waals surface area (Å²) in [5, 5.41) is 13.8. The van der Waals surface area contributed by atoms with Crippen LogP contribution in [0.4, 0.5) is 13.6 Å². The fraction of sp³-hybridized carbons (Fsp3) is 0.250. The van der Waals surface area contributed by atoms with Gasteiger partial charge in [-0.05, 0) is 52.8 Å². The van der Waals surface area contributed by atoms with Gasteiger partial charge in [0.25, 0.3) is 5.91 Å². The van der Waals surface area contributed by atoms with Gasteiger partial charge < -0.3 is 20.3 Å². The molecule has 1 aromatic heterocycles. The number of halogens is 3. The normalized spacial score (nSPS) is 16.3. The minimum Gasteiger partial charge on any atom is -0.465 e. The highest BCUT2D eigenvalue weighted by atomic mass is 127. The molecule has 0 spiro atoms. The van der Waals surface area contributed by atoms with Crippen LogP contribution in [0.1, 0.15) is 23.0 Å². The number of carboxylic acid groups (broad SMARTS) is 1. The van der Waals surface area contributed by atoms with E-state index >= 15 is 0 Å². The molecular weight excluding hydrogens is 447 g/mol. The highest BCUT2D eigenvalue weighted by Crippen LogP contribution is 2.34. The first-order valence-electron chi connectivity index (χ1n) is 7.49. The molecule has 1 aliphatic heterocycles. The van der Waals surface area contributed by atoms with Gasteiger partial charge in [0.05, 0.1) is 9.74 Å². The summed E-state index contributed by atoms with van der Waals surface area (Å²) >= 11 is 2.06. The topological polar surface area (TPSA) is 83.4 Å². The first kappa shape index (κ1) is 17.6. The van der Waals surface area contributed by atoms with Crippen molar-refractivity contribution in [1.29, 1.82) is 0 Å². The molecule has 2 aromatic rings. The van der Waals surface area contributed by atoms with E-state index in [1.165, 1.54) is 6.07 Å². The second kappa shape index (κ2) is 6.98. The molecule has 132 valence electrons. The SMILES string of the molecule is O=C(O)NCCC1CNC(=O)c2cc(-c3ccc(F)c(F)c3)c(I)n21. The lowest BCUT2D eigenvalue weighted by Gasteiger charge is -2.27. The first-order valence-corrected chi connectivity index (χ1v) is 8.57. The molecule has 6 nitrogen and oxygen atoms in total. The average Bonchev–Trinajstić information content (AvgIpc) is 2.91. The van der Waals surface area contributed by atoms with Crippen LogP contribution in [0, 0.1) is 15.3 Å². The van der Waals surface area contributed by atoms with Gasteiger partial charge in [0.1, 0.15) is 5.69 Å². The van der Waals surface area contributed by atoms with E-state index in [0.29, 0.717) is 33.5 Å². The summed E-state index contributed by atoms with van der Waals surface area (Å²) in [5.41, 5.74) is 1.51. The molecule has 0 saturated heterocycles. The lowest BCUT2D eigenvalue weighted by molar-refractivity contribution is 0.0911. The lowest BCUT2D eigenvalue weighted by atomic mass is 10.1. The number of hydrogen-bond donors (Lipinski definition) is 3. The maximum atomic E-state index is 13.5. The van der Waals surface area contributed by atoms with Crippen LogP contribution in [0.25, 0.3) is 11.1 Å². The molecule has 0 bridgehead atoms. The summed E-state index contributed by atoms with van der Waals surface area (Å²) < 4.78 is 29.3. The summed E-state index contributed by atoms with van der Waals surface area (Å²) in [6, 6.07) is 5.11. The number of carbonyl (C=O) groups excluding carboxylic acids is 1. The van der Waals surface area contributed by atoms with Gasteiger partial charge in [0.15, 0.2) is 11.6 Å². The average molecular weight is 461 g/mol. The van der Waals surface area contributed by atoms with Crippen LogP contribution in [-0.2, 0) is 0 Å². The number of hydrogen-bond acceptors (Lipinski definition) is 2. The van der Waals surface area contributed by atoms with Gasteiger partial charge in [0, 0.05) is 18.7 Å². The Morgan fingerprint density at radius 3 is 2.80 bits per heavy atom. The maximum Gasteiger partial charge on any atom is 0.404 e. The van der Waals surface area contributed by atoms with Gasteiger partial charge in [-0.15, -0.1) is 0 Å². The zero-order valence-corrected chi connectivity index (χ0v) is 15.0. The largest absolute Gasteiger partial charge is 0.465 e.